The molecule has 3 rings (SSSR count). The van der Waals surface area contributed by atoms with Crippen LogP contribution in [0, 0.1) is 0 Å². The standard InChI is InChI=1S/C15H14N2OS/c18-14(11-5-2-1-3-6-11)9-12-10-19-15(17-12)13-7-4-8-16-13/h1-8,10,14,16,18H,9H2. The molecule has 0 aliphatic carbocycles. The largest absolute Gasteiger partial charge is 0.388 e. The van der Waals surface area contributed by atoms with E-state index in [4.69, 9.17) is 0 Å². The Morgan fingerprint density at radius 1 is 1.16 bits per heavy atom. The zero-order chi connectivity index (χ0) is 13.1. The Balaban J connectivity index is 1.74. The molecule has 0 aliphatic heterocycles. The molecule has 2 aromatic heterocycles. The van der Waals surface area contributed by atoms with Crippen molar-refractivity contribution in [3.8, 4) is 10.7 Å². The molecule has 0 aliphatic rings. The molecular formula is C15H14N2OS. The fourth-order valence-corrected chi connectivity index (χ4v) is 2.80. The van der Waals surface area contributed by atoms with Crippen LogP contribution >= 0.6 is 11.3 Å². The number of hydrogen-bond acceptors (Lipinski definition) is 3. The first-order chi connectivity index (χ1) is 9.33. The summed E-state index contributed by atoms with van der Waals surface area (Å²) >= 11 is 1.59. The zero-order valence-electron chi connectivity index (χ0n) is 10.3. The molecule has 0 spiro atoms. The fraction of sp³-hybridized carbons (Fsp3) is 0.133. The third-order valence-corrected chi connectivity index (χ3v) is 3.89. The number of H-pyrrole nitrogens is 1. The lowest BCUT2D eigenvalue weighted by atomic mass is 10.1. The van der Waals surface area contributed by atoms with Gasteiger partial charge in [0.25, 0.3) is 0 Å². The molecule has 2 N–H and O–H groups in total. The highest BCUT2D eigenvalue weighted by molar-refractivity contribution is 7.13. The summed E-state index contributed by atoms with van der Waals surface area (Å²) in [5.41, 5.74) is 2.87. The number of thiazole rings is 1. The number of aromatic amines is 1. The molecule has 96 valence electrons. The van der Waals surface area contributed by atoms with Crippen molar-refractivity contribution in [1.82, 2.24) is 9.97 Å². The summed E-state index contributed by atoms with van der Waals surface area (Å²) in [5, 5.41) is 13.1. The van der Waals surface area contributed by atoms with Crippen LogP contribution in [0.5, 0.6) is 0 Å². The molecule has 2 heterocycles. The van der Waals surface area contributed by atoms with Gasteiger partial charge in [-0.25, -0.2) is 4.98 Å². The van der Waals surface area contributed by atoms with Crippen molar-refractivity contribution in [2.24, 2.45) is 0 Å². The van der Waals surface area contributed by atoms with E-state index in [2.05, 4.69) is 9.97 Å². The Morgan fingerprint density at radius 3 is 2.74 bits per heavy atom. The molecule has 0 bridgehead atoms. The van der Waals surface area contributed by atoms with Crippen LogP contribution in [-0.2, 0) is 6.42 Å². The number of benzene rings is 1. The van der Waals surface area contributed by atoms with Crippen LogP contribution in [0.15, 0.2) is 54.0 Å². The van der Waals surface area contributed by atoms with Crippen LogP contribution in [0.1, 0.15) is 17.4 Å². The molecule has 1 atom stereocenters. The summed E-state index contributed by atoms with van der Waals surface area (Å²) in [4.78, 5) is 7.68. The topological polar surface area (TPSA) is 48.9 Å². The first-order valence-electron chi connectivity index (χ1n) is 6.14. The Hall–Kier alpha value is -1.91. The second kappa shape index (κ2) is 5.38. The molecule has 0 saturated heterocycles. The van der Waals surface area contributed by atoms with Crippen LogP contribution in [-0.4, -0.2) is 15.1 Å². The van der Waals surface area contributed by atoms with E-state index in [9.17, 15) is 5.11 Å². The number of nitrogens with one attached hydrogen (secondary N) is 1. The van der Waals surface area contributed by atoms with Crippen LogP contribution in [0.3, 0.4) is 0 Å². The minimum Gasteiger partial charge on any atom is -0.388 e. The quantitative estimate of drug-likeness (QED) is 0.763. The number of aromatic nitrogens is 2. The maximum Gasteiger partial charge on any atom is 0.139 e. The first kappa shape index (κ1) is 12.1. The third-order valence-electron chi connectivity index (χ3n) is 2.97. The van der Waals surface area contributed by atoms with E-state index in [-0.39, 0.29) is 0 Å². The van der Waals surface area contributed by atoms with Gasteiger partial charge in [0.1, 0.15) is 5.01 Å². The molecular weight excluding hydrogens is 256 g/mol. The Bertz CT molecular complexity index is 631. The smallest absolute Gasteiger partial charge is 0.139 e. The van der Waals surface area contributed by atoms with Crippen LogP contribution < -0.4 is 0 Å². The summed E-state index contributed by atoms with van der Waals surface area (Å²) < 4.78 is 0. The van der Waals surface area contributed by atoms with E-state index in [0.29, 0.717) is 6.42 Å². The Labute approximate surface area is 115 Å². The van der Waals surface area contributed by atoms with Gasteiger partial charge >= 0.3 is 0 Å². The lowest BCUT2D eigenvalue weighted by Crippen LogP contribution is -2.01. The van der Waals surface area contributed by atoms with Gasteiger partial charge in [-0.05, 0) is 17.7 Å². The number of nitrogens with zero attached hydrogens (tertiary/aromatic N) is 1. The Morgan fingerprint density at radius 2 is 2.00 bits per heavy atom. The highest BCUT2D eigenvalue weighted by Crippen LogP contribution is 2.24. The molecule has 0 fully saturated rings. The average molecular weight is 270 g/mol. The van der Waals surface area contributed by atoms with Gasteiger partial charge in [-0.2, -0.15) is 0 Å². The van der Waals surface area contributed by atoms with Crippen molar-refractivity contribution in [2.45, 2.75) is 12.5 Å². The van der Waals surface area contributed by atoms with E-state index in [1.54, 1.807) is 11.3 Å². The van der Waals surface area contributed by atoms with Gasteiger partial charge in [0.05, 0.1) is 17.5 Å². The van der Waals surface area contributed by atoms with E-state index < -0.39 is 6.10 Å². The summed E-state index contributed by atoms with van der Waals surface area (Å²) in [6, 6.07) is 13.6. The van der Waals surface area contributed by atoms with E-state index in [1.165, 1.54) is 0 Å². The van der Waals surface area contributed by atoms with Crippen molar-refractivity contribution in [3.05, 3.63) is 65.3 Å². The molecule has 19 heavy (non-hydrogen) atoms. The van der Waals surface area contributed by atoms with Gasteiger partial charge in [0.2, 0.25) is 0 Å². The molecule has 1 unspecified atom stereocenters. The SMILES string of the molecule is OC(Cc1csc(-c2ccc[nH]2)n1)c1ccccc1. The van der Waals surface area contributed by atoms with Crippen molar-refractivity contribution >= 4 is 11.3 Å². The minimum atomic E-state index is -0.500. The molecule has 3 nitrogen and oxygen atoms in total. The van der Waals surface area contributed by atoms with Gasteiger partial charge < -0.3 is 10.1 Å². The second-order valence-corrected chi connectivity index (χ2v) is 5.22. The van der Waals surface area contributed by atoms with Crippen LogP contribution in [0.4, 0.5) is 0 Å². The molecule has 0 radical (unpaired) electrons. The molecule has 1 aromatic carbocycles. The maximum atomic E-state index is 10.2. The van der Waals surface area contributed by atoms with Crippen molar-refractivity contribution < 1.29 is 5.11 Å². The number of aliphatic hydroxyl groups excluding tert-OH is 1. The summed E-state index contributed by atoms with van der Waals surface area (Å²) in [6.07, 6.45) is 1.93. The highest BCUT2D eigenvalue weighted by atomic mass is 32.1. The normalized spacial score (nSPS) is 12.5. The zero-order valence-corrected chi connectivity index (χ0v) is 11.1. The maximum absolute atomic E-state index is 10.2. The van der Waals surface area contributed by atoms with Gasteiger partial charge in [-0.15, -0.1) is 11.3 Å². The summed E-state index contributed by atoms with van der Waals surface area (Å²) in [7, 11) is 0. The first-order valence-corrected chi connectivity index (χ1v) is 7.02. The van der Waals surface area contributed by atoms with Crippen molar-refractivity contribution in [2.75, 3.05) is 0 Å². The van der Waals surface area contributed by atoms with E-state index in [0.717, 1.165) is 22.0 Å². The van der Waals surface area contributed by atoms with Gasteiger partial charge in [-0.3, -0.25) is 0 Å². The molecule has 0 saturated carbocycles. The van der Waals surface area contributed by atoms with Gasteiger partial charge in [0, 0.05) is 18.0 Å². The van der Waals surface area contributed by atoms with Gasteiger partial charge in [-0.1, -0.05) is 30.3 Å². The highest BCUT2D eigenvalue weighted by Gasteiger charge is 2.11. The van der Waals surface area contributed by atoms with Crippen molar-refractivity contribution in [1.29, 1.82) is 0 Å². The van der Waals surface area contributed by atoms with E-state index >= 15 is 0 Å². The summed E-state index contributed by atoms with van der Waals surface area (Å²) in [6.45, 7) is 0. The monoisotopic (exact) mass is 270 g/mol. The number of hydrogen-bond donors (Lipinski definition) is 2. The Kier molecular flexibility index (Phi) is 3.44. The summed E-state index contributed by atoms with van der Waals surface area (Å²) in [5.74, 6) is 0. The third kappa shape index (κ3) is 2.75. The lowest BCUT2D eigenvalue weighted by molar-refractivity contribution is 0.177. The van der Waals surface area contributed by atoms with Gasteiger partial charge in [0.15, 0.2) is 0 Å². The second-order valence-electron chi connectivity index (χ2n) is 4.36. The molecule has 0 amide bonds. The van der Waals surface area contributed by atoms with Crippen LogP contribution in [0.2, 0.25) is 0 Å². The lowest BCUT2D eigenvalue weighted by Gasteiger charge is -2.08. The minimum absolute atomic E-state index is 0.500. The average Bonchev–Trinajstić information content (AvgIpc) is 3.10. The van der Waals surface area contributed by atoms with Crippen LogP contribution in [0.25, 0.3) is 10.7 Å². The predicted molar refractivity (Wildman–Crippen MR) is 77.0 cm³/mol. The molecule has 3 aromatic rings. The predicted octanol–water partition coefficient (Wildman–Crippen LogP) is 3.41. The van der Waals surface area contributed by atoms with Crippen molar-refractivity contribution in [3.63, 3.8) is 0 Å². The fourth-order valence-electron chi connectivity index (χ4n) is 1.98. The number of aliphatic hydroxyl groups is 1. The van der Waals surface area contributed by atoms with E-state index in [1.807, 2.05) is 54.0 Å². The number of rotatable bonds is 4. The molecule has 4 heteroatoms.